The van der Waals surface area contributed by atoms with Crippen LogP contribution in [0, 0.1) is 6.92 Å². The van der Waals surface area contributed by atoms with Gasteiger partial charge in [-0.1, -0.05) is 11.8 Å². The van der Waals surface area contributed by atoms with Crippen molar-refractivity contribution in [2.24, 2.45) is 0 Å². The van der Waals surface area contributed by atoms with Crippen LogP contribution in [0.4, 0.5) is 0 Å². The highest BCUT2D eigenvalue weighted by molar-refractivity contribution is 8.00. The second kappa shape index (κ2) is 4.10. The summed E-state index contributed by atoms with van der Waals surface area (Å²) < 4.78 is 6.58. The molecule has 0 aliphatic carbocycles. The molecule has 0 aromatic carbocycles. The smallest absolute Gasteiger partial charge is 0.358 e. The highest BCUT2D eigenvalue weighted by Crippen LogP contribution is 2.39. The van der Waals surface area contributed by atoms with Crippen molar-refractivity contribution in [3.8, 4) is 0 Å². The lowest BCUT2D eigenvalue weighted by atomic mass is 10.3. The van der Waals surface area contributed by atoms with Crippen molar-refractivity contribution in [1.82, 2.24) is 9.55 Å². The number of ether oxygens (including phenoxy) is 1. The molecule has 88 valence electrons. The number of rotatable bonds is 2. The first-order valence-electron chi connectivity index (χ1n) is 5.17. The van der Waals surface area contributed by atoms with Crippen LogP contribution >= 0.6 is 11.8 Å². The van der Waals surface area contributed by atoms with Crippen LogP contribution in [0.1, 0.15) is 36.3 Å². The standard InChI is InChI=1S/C10H14N2O3S/c1-4-15-9(14)7-5(2)12-8(13)6(3)16-10(12)11-7/h6,8,13H,4H2,1-3H3/t6-,8+/m0/s1. The maximum Gasteiger partial charge on any atom is 0.358 e. The van der Waals surface area contributed by atoms with Crippen LogP contribution in [0.15, 0.2) is 5.16 Å². The van der Waals surface area contributed by atoms with E-state index in [1.807, 2.05) is 6.92 Å². The van der Waals surface area contributed by atoms with Crippen LogP contribution in [-0.2, 0) is 4.74 Å². The number of hydrogen-bond donors (Lipinski definition) is 1. The van der Waals surface area contributed by atoms with Crippen LogP contribution < -0.4 is 0 Å². The van der Waals surface area contributed by atoms with Crippen molar-refractivity contribution < 1.29 is 14.6 Å². The predicted molar refractivity (Wildman–Crippen MR) is 59.5 cm³/mol. The Morgan fingerprint density at radius 1 is 1.69 bits per heavy atom. The van der Waals surface area contributed by atoms with Gasteiger partial charge in [0.25, 0.3) is 0 Å². The SMILES string of the molecule is CCOC(=O)c1nc2n(c1C)[C@H](O)[C@H](C)S2. The molecule has 1 aromatic rings. The van der Waals surface area contributed by atoms with E-state index in [2.05, 4.69) is 4.98 Å². The molecule has 1 aromatic heterocycles. The van der Waals surface area contributed by atoms with Crippen molar-refractivity contribution in [1.29, 1.82) is 0 Å². The van der Waals surface area contributed by atoms with Gasteiger partial charge in [-0.2, -0.15) is 0 Å². The Balaban J connectivity index is 2.36. The molecule has 1 aliphatic rings. The van der Waals surface area contributed by atoms with Gasteiger partial charge < -0.3 is 9.84 Å². The van der Waals surface area contributed by atoms with Gasteiger partial charge in [-0.15, -0.1) is 0 Å². The summed E-state index contributed by atoms with van der Waals surface area (Å²) in [6.07, 6.45) is -0.615. The molecule has 2 heterocycles. The molecular weight excluding hydrogens is 228 g/mol. The monoisotopic (exact) mass is 242 g/mol. The van der Waals surface area contributed by atoms with Gasteiger partial charge in [-0.25, -0.2) is 9.78 Å². The Morgan fingerprint density at radius 2 is 2.38 bits per heavy atom. The van der Waals surface area contributed by atoms with Crippen LogP contribution in [-0.4, -0.2) is 32.5 Å². The van der Waals surface area contributed by atoms with Gasteiger partial charge in [-0.3, -0.25) is 4.57 Å². The third kappa shape index (κ3) is 1.62. The normalized spacial score (nSPS) is 23.2. The number of esters is 1. The highest BCUT2D eigenvalue weighted by Gasteiger charge is 2.34. The Morgan fingerprint density at radius 3 is 2.94 bits per heavy atom. The number of thioether (sulfide) groups is 1. The van der Waals surface area contributed by atoms with E-state index >= 15 is 0 Å². The summed E-state index contributed by atoms with van der Waals surface area (Å²) in [7, 11) is 0. The first-order valence-corrected chi connectivity index (χ1v) is 6.05. The zero-order valence-corrected chi connectivity index (χ0v) is 10.2. The number of hydrogen-bond acceptors (Lipinski definition) is 5. The van der Waals surface area contributed by atoms with E-state index in [1.165, 1.54) is 11.8 Å². The maximum atomic E-state index is 11.6. The molecule has 2 rings (SSSR count). The lowest BCUT2D eigenvalue weighted by Crippen LogP contribution is -2.15. The lowest BCUT2D eigenvalue weighted by Gasteiger charge is -2.11. The Kier molecular flexibility index (Phi) is 2.94. The number of imidazole rings is 1. The number of carbonyl (C=O) groups is 1. The molecule has 0 spiro atoms. The minimum absolute atomic E-state index is 0.0671. The topological polar surface area (TPSA) is 64.3 Å². The van der Waals surface area contributed by atoms with E-state index in [0.29, 0.717) is 23.2 Å². The van der Waals surface area contributed by atoms with E-state index < -0.39 is 12.2 Å². The predicted octanol–water partition coefficient (Wildman–Crippen LogP) is 1.35. The number of nitrogens with zero attached hydrogens (tertiary/aromatic N) is 2. The van der Waals surface area contributed by atoms with E-state index in [4.69, 9.17) is 4.74 Å². The quantitative estimate of drug-likeness (QED) is 0.793. The minimum atomic E-state index is -0.615. The van der Waals surface area contributed by atoms with Crippen molar-refractivity contribution >= 4 is 17.7 Å². The first-order chi connectivity index (χ1) is 7.56. The fraction of sp³-hybridized carbons (Fsp3) is 0.600. The average Bonchev–Trinajstić information content (AvgIpc) is 2.68. The Labute approximate surface area is 97.8 Å². The second-order valence-electron chi connectivity index (χ2n) is 3.66. The molecule has 1 aliphatic heterocycles. The van der Waals surface area contributed by atoms with E-state index in [0.717, 1.165) is 0 Å². The minimum Gasteiger partial charge on any atom is -0.461 e. The molecule has 0 saturated heterocycles. The molecule has 0 fully saturated rings. The van der Waals surface area contributed by atoms with Gasteiger partial charge in [0.15, 0.2) is 10.9 Å². The van der Waals surface area contributed by atoms with Crippen LogP contribution in [0.2, 0.25) is 0 Å². The maximum absolute atomic E-state index is 11.6. The van der Waals surface area contributed by atoms with Gasteiger partial charge in [0.2, 0.25) is 0 Å². The summed E-state index contributed by atoms with van der Waals surface area (Å²) >= 11 is 1.46. The molecular formula is C10H14N2O3S. The molecule has 16 heavy (non-hydrogen) atoms. The third-order valence-corrected chi connectivity index (χ3v) is 3.68. The molecule has 6 heteroatoms. The molecule has 0 radical (unpaired) electrons. The number of aliphatic hydroxyl groups is 1. The van der Waals surface area contributed by atoms with Gasteiger partial charge in [0, 0.05) is 0 Å². The Bertz CT molecular complexity index is 430. The zero-order valence-electron chi connectivity index (χ0n) is 9.43. The van der Waals surface area contributed by atoms with E-state index in [1.54, 1.807) is 18.4 Å². The van der Waals surface area contributed by atoms with Crippen LogP contribution in [0.5, 0.6) is 0 Å². The van der Waals surface area contributed by atoms with Gasteiger partial charge in [-0.05, 0) is 20.8 Å². The zero-order chi connectivity index (χ0) is 11.9. The van der Waals surface area contributed by atoms with Gasteiger partial charge in [0.05, 0.1) is 17.6 Å². The number of carbonyl (C=O) groups excluding carboxylic acids is 1. The first kappa shape index (κ1) is 11.5. The molecule has 0 bridgehead atoms. The Hall–Kier alpha value is -1.01. The highest BCUT2D eigenvalue weighted by atomic mass is 32.2. The molecule has 1 N–H and O–H groups in total. The van der Waals surface area contributed by atoms with Gasteiger partial charge >= 0.3 is 5.97 Å². The lowest BCUT2D eigenvalue weighted by molar-refractivity contribution is 0.0518. The van der Waals surface area contributed by atoms with Crippen LogP contribution in [0.3, 0.4) is 0 Å². The summed E-state index contributed by atoms with van der Waals surface area (Å²) in [5.41, 5.74) is 0.966. The molecule has 0 saturated carbocycles. The van der Waals surface area contributed by atoms with E-state index in [-0.39, 0.29) is 5.25 Å². The molecule has 5 nitrogen and oxygen atoms in total. The molecule has 2 atom stereocenters. The summed E-state index contributed by atoms with van der Waals surface area (Å²) in [4.78, 5) is 15.8. The summed E-state index contributed by atoms with van der Waals surface area (Å²) in [5.74, 6) is -0.428. The number of aliphatic hydroxyl groups excluding tert-OH is 1. The fourth-order valence-electron chi connectivity index (χ4n) is 1.71. The fourth-order valence-corrected chi connectivity index (χ4v) is 2.79. The molecule has 0 unspecified atom stereocenters. The third-order valence-electron chi connectivity index (χ3n) is 2.56. The van der Waals surface area contributed by atoms with Crippen molar-refractivity contribution in [3.05, 3.63) is 11.4 Å². The summed E-state index contributed by atoms with van der Waals surface area (Å²) in [6, 6.07) is 0. The van der Waals surface area contributed by atoms with Gasteiger partial charge in [0.1, 0.15) is 6.23 Å². The van der Waals surface area contributed by atoms with Crippen molar-refractivity contribution in [2.75, 3.05) is 6.61 Å². The average molecular weight is 242 g/mol. The largest absolute Gasteiger partial charge is 0.461 e. The number of aromatic nitrogens is 2. The van der Waals surface area contributed by atoms with E-state index in [9.17, 15) is 9.90 Å². The van der Waals surface area contributed by atoms with Crippen molar-refractivity contribution in [3.63, 3.8) is 0 Å². The molecule has 0 amide bonds. The summed E-state index contributed by atoms with van der Waals surface area (Å²) in [5, 5.41) is 10.7. The number of fused-ring (bicyclic) bond motifs is 1. The van der Waals surface area contributed by atoms with Crippen molar-refractivity contribution in [2.45, 2.75) is 37.4 Å². The van der Waals surface area contributed by atoms with Crippen LogP contribution in [0.25, 0.3) is 0 Å². The second-order valence-corrected chi connectivity index (χ2v) is 5.00. The summed E-state index contributed by atoms with van der Waals surface area (Å²) in [6.45, 7) is 5.77.